The minimum Gasteiger partial charge on any atom is -0.465 e. The summed E-state index contributed by atoms with van der Waals surface area (Å²) < 4.78 is 5.40. The molecule has 3 heteroatoms. The van der Waals surface area contributed by atoms with Crippen LogP contribution in [-0.4, -0.2) is 17.9 Å². The van der Waals surface area contributed by atoms with E-state index >= 15 is 0 Å². The molecule has 3 aromatic rings. The molecule has 0 saturated carbocycles. The lowest BCUT2D eigenvalue weighted by Gasteiger charge is -2.19. The predicted octanol–water partition coefficient (Wildman–Crippen LogP) is 4.79. The molecule has 1 aromatic heterocycles. The van der Waals surface area contributed by atoms with Crippen LogP contribution in [0.25, 0.3) is 11.6 Å². The van der Waals surface area contributed by atoms with Crippen molar-refractivity contribution in [1.82, 2.24) is 4.90 Å². The molecule has 0 aliphatic rings. The molecule has 1 amide bonds. The van der Waals surface area contributed by atoms with Gasteiger partial charge >= 0.3 is 0 Å². The number of benzene rings is 2. The fourth-order valence-electron chi connectivity index (χ4n) is 2.65. The predicted molar refractivity (Wildman–Crippen MR) is 101 cm³/mol. The minimum absolute atomic E-state index is 0.0387. The molecule has 0 N–H and O–H groups in total. The summed E-state index contributed by atoms with van der Waals surface area (Å²) in [7, 11) is 1.82. The second-order valence-electron chi connectivity index (χ2n) is 6.09. The van der Waals surface area contributed by atoms with Gasteiger partial charge < -0.3 is 9.32 Å². The van der Waals surface area contributed by atoms with Gasteiger partial charge in [-0.25, -0.2) is 0 Å². The highest BCUT2D eigenvalue weighted by atomic mass is 16.3. The van der Waals surface area contributed by atoms with Crippen molar-refractivity contribution in [2.75, 3.05) is 7.05 Å². The van der Waals surface area contributed by atoms with E-state index in [2.05, 4.69) is 31.2 Å². The number of carbonyl (C=O) groups is 1. The van der Waals surface area contributed by atoms with Gasteiger partial charge in [-0.3, -0.25) is 4.79 Å². The zero-order valence-electron chi connectivity index (χ0n) is 14.5. The first-order valence-electron chi connectivity index (χ1n) is 8.25. The number of furan rings is 1. The molecule has 0 spiro atoms. The largest absolute Gasteiger partial charge is 0.465 e. The topological polar surface area (TPSA) is 33.5 Å². The van der Waals surface area contributed by atoms with Crippen LogP contribution in [0.15, 0.2) is 77.4 Å². The summed E-state index contributed by atoms with van der Waals surface area (Å²) in [6.07, 6.45) is 3.40. The molecule has 0 fully saturated rings. The van der Waals surface area contributed by atoms with Crippen molar-refractivity contribution >= 4 is 17.6 Å². The molecule has 1 heterocycles. The molecule has 0 radical (unpaired) electrons. The third-order valence-corrected chi connectivity index (χ3v) is 4.03. The van der Waals surface area contributed by atoms with Gasteiger partial charge in [0.1, 0.15) is 5.76 Å². The maximum Gasteiger partial charge on any atom is 0.254 e. The maximum atomic E-state index is 13.1. The van der Waals surface area contributed by atoms with Crippen LogP contribution < -0.4 is 0 Å². The highest BCUT2D eigenvalue weighted by Crippen LogP contribution is 2.21. The van der Waals surface area contributed by atoms with E-state index in [9.17, 15) is 4.79 Å². The summed E-state index contributed by atoms with van der Waals surface area (Å²) in [5.74, 6) is 0.624. The number of amides is 1. The summed E-state index contributed by atoms with van der Waals surface area (Å²) in [5, 5.41) is 0. The molecular weight excluding hydrogens is 310 g/mol. The standard InChI is InChI=1S/C22H21NO2/c1-17-10-12-18(13-11-17)16-23(2)22(24)21(15-20-9-6-14-25-20)19-7-4-3-5-8-19/h3-15H,16H2,1-2H3/b21-15+. The van der Waals surface area contributed by atoms with E-state index in [1.54, 1.807) is 17.2 Å². The van der Waals surface area contributed by atoms with Gasteiger partial charge in [0.2, 0.25) is 0 Å². The molecule has 0 aliphatic carbocycles. The van der Waals surface area contributed by atoms with Gasteiger partial charge in [0, 0.05) is 13.6 Å². The highest BCUT2D eigenvalue weighted by molar-refractivity contribution is 6.23. The van der Waals surface area contributed by atoms with Crippen molar-refractivity contribution in [1.29, 1.82) is 0 Å². The Labute approximate surface area is 148 Å². The van der Waals surface area contributed by atoms with Crippen molar-refractivity contribution in [2.24, 2.45) is 0 Å². The van der Waals surface area contributed by atoms with Crippen molar-refractivity contribution < 1.29 is 9.21 Å². The molecule has 3 rings (SSSR count). The first-order valence-corrected chi connectivity index (χ1v) is 8.25. The van der Waals surface area contributed by atoms with E-state index in [0.717, 1.165) is 11.1 Å². The zero-order valence-corrected chi connectivity index (χ0v) is 14.5. The Morgan fingerprint density at radius 2 is 1.72 bits per heavy atom. The Morgan fingerprint density at radius 3 is 2.36 bits per heavy atom. The van der Waals surface area contributed by atoms with E-state index < -0.39 is 0 Å². The van der Waals surface area contributed by atoms with Crippen molar-refractivity contribution in [3.8, 4) is 0 Å². The van der Waals surface area contributed by atoms with E-state index in [4.69, 9.17) is 4.42 Å². The van der Waals surface area contributed by atoms with E-state index in [-0.39, 0.29) is 5.91 Å². The average molecular weight is 331 g/mol. The molecule has 25 heavy (non-hydrogen) atoms. The lowest BCUT2D eigenvalue weighted by molar-refractivity contribution is -0.124. The lowest BCUT2D eigenvalue weighted by atomic mass is 10.0. The fraction of sp³-hybridized carbons (Fsp3) is 0.136. The maximum absolute atomic E-state index is 13.1. The third kappa shape index (κ3) is 4.27. The van der Waals surface area contributed by atoms with Gasteiger partial charge in [0.05, 0.1) is 11.8 Å². The summed E-state index contributed by atoms with van der Waals surface area (Å²) in [5.41, 5.74) is 3.80. The van der Waals surface area contributed by atoms with Crippen molar-refractivity contribution in [3.05, 3.63) is 95.4 Å². The monoisotopic (exact) mass is 331 g/mol. The van der Waals surface area contributed by atoms with Crippen LogP contribution in [0.2, 0.25) is 0 Å². The molecule has 0 unspecified atom stereocenters. The van der Waals surface area contributed by atoms with Crippen LogP contribution in [0, 0.1) is 6.92 Å². The van der Waals surface area contributed by atoms with Gasteiger partial charge in [-0.1, -0.05) is 60.2 Å². The van der Waals surface area contributed by atoms with Gasteiger partial charge in [0.25, 0.3) is 5.91 Å². The van der Waals surface area contributed by atoms with Crippen molar-refractivity contribution in [3.63, 3.8) is 0 Å². The molecule has 0 atom stereocenters. The quantitative estimate of drug-likeness (QED) is 0.630. The average Bonchev–Trinajstić information content (AvgIpc) is 3.15. The summed E-state index contributed by atoms with van der Waals surface area (Å²) >= 11 is 0. The fourth-order valence-corrected chi connectivity index (χ4v) is 2.65. The Morgan fingerprint density at radius 1 is 1.00 bits per heavy atom. The number of hydrogen-bond acceptors (Lipinski definition) is 2. The van der Waals surface area contributed by atoms with Gasteiger partial charge in [-0.05, 0) is 36.3 Å². The van der Waals surface area contributed by atoms with Crippen molar-refractivity contribution in [2.45, 2.75) is 13.5 Å². The van der Waals surface area contributed by atoms with E-state index in [1.165, 1.54) is 5.56 Å². The number of nitrogens with zero attached hydrogens (tertiary/aromatic N) is 1. The number of hydrogen-bond donors (Lipinski definition) is 0. The van der Waals surface area contributed by atoms with Crippen LogP contribution in [0.1, 0.15) is 22.5 Å². The molecular formula is C22H21NO2. The Hall–Kier alpha value is -3.07. The molecule has 0 saturated heterocycles. The van der Waals surface area contributed by atoms with Crippen LogP contribution in [0.3, 0.4) is 0 Å². The number of carbonyl (C=O) groups excluding carboxylic acids is 1. The second-order valence-corrected chi connectivity index (χ2v) is 6.09. The first kappa shape index (κ1) is 16.8. The molecule has 0 bridgehead atoms. The van der Waals surface area contributed by atoms with Gasteiger partial charge in [-0.15, -0.1) is 0 Å². The SMILES string of the molecule is Cc1ccc(CN(C)C(=O)/C(=C/c2ccco2)c2ccccc2)cc1. The second kappa shape index (κ2) is 7.67. The molecule has 0 aliphatic heterocycles. The summed E-state index contributed by atoms with van der Waals surface area (Å²) in [4.78, 5) is 14.8. The smallest absolute Gasteiger partial charge is 0.254 e. The molecule has 3 nitrogen and oxygen atoms in total. The summed E-state index contributed by atoms with van der Waals surface area (Å²) in [6.45, 7) is 2.61. The van der Waals surface area contributed by atoms with Crippen LogP contribution in [0.4, 0.5) is 0 Å². The molecule has 2 aromatic carbocycles. The number of rotatable bonds is 5. The van der Waals surface area contributed by atoms with Crippen LogP contribution in [-0.2, 0) is 11.3 Å². The number of aryl methyl sites for hydroxylation is 1. The third-order valence-electron chi connectivity index (χ3n) is 4.03. The first-order chi connectivity index (χ1) is 12.1. The van der Waals surface area contributed by atoms with Gasteiger partial charge in [0.15, 0.2) is 0 Å². The Kier molecular flexibility index (Phi) is 5.14. The zero-order chi connectivity index (χ0) is 17.6. The van der Waals surface area contributed by atoms with Crippen LogP contribution in [0.5, 0.6) is 0 Å². The lowest BCUT2D eigenvalue weighted by Crippen LogP contribution is -2.27. The van der Waals surface area contributed by atoms with E-state index in [0.29, 0.717) is 17.9 Å². The molecule has 126 valence electrons. The number of likely N-dealkylation sites (N-methyl/N-ethyl adjacent to an activating group) is 1. The normalized spacial score (nSPS) is 11.4. The minimum atomic E-state index is -0.0387. The summed E-state index contributed by atoms with van der Waals surface area (Å²) in [6, 6.07) is 21.6. The van der Waals surface area contributed by atoms with Crippen LogP contribution >= 0.6 is 0 Å². The highest BCUT2D eigenvalue weighted by Gasteiger charge is 2.17. The Balaban J connectivity index is 1.87. The van der Waals surface area contributed by atoms with E-state index in [1.807, 2.05) is 49.5 Å². The van der Waals surface area contributed by atoms with Gasteiger partial charge in [-0.2, -0.15) is 0 Å². The Bertz CT molecular complexity index is 847.